The van der Waals surface area contributed by atoms with Crippen LogP contribution in [0.2, 0.25) is 0 Å². The summed E-state index contributed by atoms with van der Waals surface area (Å²) in [6.45, 7) is 1.53. The molecule has 7 heteroatoms. The average Bonchev–Trinajstić information content (AvgIpc) is 2.97. The zero-order valence-corrected chi connectivity index (χ0v) is 10.7. The van der Waals surface area contributed by atoms with E-state index in [0.29, 0.717) is 5.69 Å². The van der Waals surface area contributed by atoms with Crippen LogP contribution < -0.4 is 0 Å². The van der Waals surface area contributed by atoms with Crippen LogP contribution in [0.5, 0.6) is 0 Å². The van der Waals surface area contributed by atoms with Crippen LogP contribution in [0, 0.1) is 6.92 Å². The molecule has 0 N–H and O–H groups in total. The highest BCUT2D eigenvalue weighted by Gasteiger charge is 2.35. The maximum atomic E-state index is 13.2. The van der Waals surface area contributed by atoms with Crippen LogP contribution in [-0.4, -0.2) is 14.8 Å². The van der Waals surface area contributed by atoms with Gasteiger partial charge in [-0.2, -0.15) is 18.3 Å². The van der Waals surface area contributed by atoms with Gasteiger partial charge in [0.2, 0.25) is 0 Å². The first-order valence-corrected chi connectivity index (χ1v) is 5.83. The SMILES string of the molecule is Cc1nn(C)c2nc(-c3ccco3)cc(C(F)(F)F)c12. The molecule has 0 amide bonds. The van der Waals surface area contributed by atoms with Crippen molar-refractivity contribution < 1.29 is 17.6 Å². The molecule has 3 aromatic rings. The van der Waals surface area contributed by atoms with E-state index in [1.807, 2.05) is 0 Å². The molecule has 0 aliphatic carbocycles. The predicted octanol–water partition coefficient (Wildman–Crippen LogP) is 3.56. The number of furan rings is 1. The number of aromatic nitrogens is 3. The molecule has 20 heavy (non-hydrogen) atoms. The van der Waals surface area contributed by atoms with E-state index >= 15 is 0 Å². The first kappa shape index (κ1) is 12.7. The van der Waals surface area contributed by atoms with E-state index in [2.05, 4.69) is 10.1 Å². The largest absolute Gasteiger partial charge is 0.463 e. The number of hydrogen-bond donors (Lipinski definition) is 0. The highest BCUT2D eigenvalue weighted by Crippen LogP contribution is 2.37. The second-order valence-corrected chi connectivity index (χ2v) is 4.44. The van der Waals surface area contributed by atoms with E-state index < -0.39 is 11.7 Å². The van der Waals surface area contributed by atoms with Crippen LogP contribution >= 0.6 is 0 Å². The smallest absolute Gasteiger partial charge is 0.417 e. The lowest BCUT2D eigenvalue weighted by Crippen LogP contribution is -2.07. The fourth-order valence-electron chi connectivity index (χ4n) is 2.22. The Labute approximate surface area is 111 Å². The van der Waals surface area contributed by atoms with Gasteiger partial charge in [0.05, 0.1) is 22.9 Å². The third-order valence-corrected chi connectivity index (χ3v) is 3.05. The fraction of sp³-hybridized carbons (Fsp3) is 0.231. The number of nitrogens with zero attached hydrogens (tertiary/aromatic N) is 3. The Morgan fingerprint density at radius 2 is 2.05 bits per heavy atom. The van der Waals surface area contributed by atoms with Gasteiger partial charge in [0.15, 0.2) is 11.4 Å². The molecular weight excluding hydrogens is 271 g/mol. The zero-order chi connectivity index (χ0) is 14.5. The van der Waals surface area contributed by atoms with Crippen molar-refractivity contribution in [2.24, 2.45) is 7.05 Å². The van der Waals surface area contributed by atoms with Crippen LogP contribution in [0.15, 0.2) is 28.9 Å². The number of halogens is 3. The van der Waals surface area contributed by atoms with Gasteiger partial charge in [0.25, 0.3) is 0 Å². The van der Waals surface area contributed by atoms with Gasteiger partial charge >= 0.3 is 6.18 Å². The average molecular weight is 281 g/mol. The monoisotopic (exact) mass is 281 g/mol. The minimum absolute atomic E-state index is 0.0234. The van der Waals surface area contributed by atoms with E-state index in [0.717, 1.165) is 6.07 Å². The summed E-state index contributed by atoms with van der Waals surface area (Å²) in [4.78, 5) is 4.22. The highest BCUT2D eigenvalue weighted by atomic mass is 19.4. The van der Waals surface area contributed by atoms with Crippen LogP contribution in [0.3, 0.4) is 0 Å². The number of hydrogen-bond acceptors (Lipinski definition) is 3. The maximum Gasteiger partial charge on any atom is 0.417 e. The van der Waals surface area contributed by atoms with Crippen molar-refractivity contribution in [1.29, 1.82) is 0 Å². The summed E-state index contributed by atoms with van der Waals surface area (Å²) in [6.07, 6.45) is -3.08. The molecule has 0 spiro atoms. The summed E-state index contributed by atoms with van der Waals surface area (Å²) in [7, 11) is 1.56. The lowest BCUT2D eigenvalue weighted by atomic mass is 10.1. The standard InChI is InChI=1S/C13H10F3N3O/c1-7-11-8(13(14,15)16)6-9(10-4-3-5-20-10)17-12(11)19(2)18-7/h3-6H,1-2H3. The molecule has 0 aromatic carbocycles. The molecule has 3 heterocycles. The zero-order valence-electron chi connectivity index (χ0n) is 10.7. The Bertz CT molecular complexity index is 772. The predicted molar refractivity (Wildman–Crippen MR) is 66.0 cm³/mol. The molecule has 0 bridgehead atoms. The van der Waals surface area contributed by atoms with Crippen molar-refractivity contribution >= 4 is 11.0 Å². The molecule has 0 radical (unpaired) electrons. The Balaban J connectivity index is 2.39. The summed E-state index contributed by atoms with van der Waals surface area (Å²) >= 11 is 0. The third kappa shape index (κ3) is 1.86. The molecule has 0 aliphatic rings. The summed E-state index contributed by atoms with van der Waals surface area (Å²) < 4.78 is 46.2. The summed E-state index contributed by atoms with van der Waals surface area (Å²) in [5.74, 6) is 0.288. The molecule has 0 aliphatic heterocycles. The molecular formula is C13H10F3N3O. The van der Waals surface area contributed by atoms with Gasteiger partial charge in [-0.1, -0.05) is 0 Å². The third-order valence-electron chi connectivity index (χ3n) is 3.05. The Hall–Kier alpha value is -2.31. The van der Waals surface area contributed by atoms with Crippen molar-refractivity contribution in [1.82, 2.24) is 14.8 Å². The molecule has 4 nitrogen and oxygen atoms in total. The fourth-order valence-corrected chi connectivity index (χ4v) is 2.22. The van der Waals surface area contributed by atoms with Gasteiger partial charge in [0, 0.05) is 7.05 Å². The van der Waals surface area contributed by atoms with Gasteiger partial charge < -0.3 is 4.42 Å². The van der Waals surface area contributed by atoms with Crippen molar-refractivity contribution in [2.75, 3.05) is 0 Å². The topological polar surface area (TPSA) is 43.9 Å². The minimum atomic E-state index is -4.48. The van der Waals surface area contributed by atoms with Crippen molar-refractivity contribution in [3.63, 3.8) is 0 Å². The quantitative estimate of drug-likeness (QED) is 0.685. The highest BCUT2D eigenvalue weighted by molar-refractivity contribution is 5.85. The Morgan fingerprint density at radius 1 is 1.30 bits per heavy atom. The lowest BCUT2D eigenvalue weighted by Gasteiger charge is -2.10. The minimum Gasteiger partial charge on any atom is -0.463 e. The van der Waals surface area contributed by atoms with Gasteiger partial charge in [-0.15, -0.1) is 0 Å². The van der Waals surface area contributed by atoms with E-state index in [4.69, 9.17) is 4.42 Å². The molecule has 0 saturated heterocycles. The molecule has 0 atom stereocenters. The van der Waals surface area contributed by atoms with E-state index in [1.165, 1.54) is 17.9 Å². The summed E-state index contributed by atoms with van der Waals surface area (Å²) in [5.41, 5.74) is -0.130. The number of rotatable bonds is 1. The Kier molecular flexibility index (Phi) is 2.60. The summed E-state index contributed by atoms with van der Waals surface area (Å²) in [6, 6.07) is 4.16. The van der Waals surface area contributed by atoms with Crippen LogP contribution in [-0.2, 0) is 13.2 Å². The van der Waals surface area contributed by atoms with E-state index in [-0.39, 0.29) is 22.5 Å². The van der Waals surface area contributed by atoms with Crippen LogP contribution in [0.1, 0.15) is 11.3 Å². The van der Waals surface area contributed by atoms with Gasteiger partial charge in [-0.3, -0.25) is 4.68 Å². The second-order valence-electron chi connectivity index (χ2n) is 4.44. The molecule has 3 rings (SSSR count). The molecule has 0 unspecified atom stereocenters. The van der Waals surface area contributed by atoms with Gasteiger partial charge in [-0.25, -0.2) is 4.98 Å². The van der Waals surface area contributed by atoms with E-state index in [1.54, 1.807) is 19.2 Å². The van der Waals surface area contributed by atoms with Gasteiger partial charge in [-0.05, 0) is 25.1 Å². The molecule has 104 valence electrons. The number of fused-ring (bicyclic) bond motifs is 1. The maximum absolute atomic E-state index is 13.2. The molecule has 3 aromatic heterocycles. The molecule has 0 fully saturated rings. The Morgan fingerprint density at radius 3 is 2.65 bits per heavy atom. The lowest BCUT2D eigenvalue weighted by molar-refractivity contribution is -0.136. The molecule has 0 saturated carbocycles. The first-order valence-electron chi connectivity index (χ1n) is 5.83. The van der Waals surface area contributed by atoms with Crippen molar-refractivity contribution in [3.8, 4) is 11.5 Å². The van der Waals surface area contributed by atoms with Crippen LogP contribution in [0.4, 0.5) is 13.2 Å². The van der Waals surface area contributed by atoms with Crippen molar-refractivity contribution in [3.05, 3.63) is 35.7 Å². The second kappa shape index (κ2) is 4.09. The first-order chi connectivity index (χ1) is 9.38. The van der Waals surface area contributed by atoms with Crippen molar-refractivity contribution in [2.45, 2.75) is 13.1 Å². The number of alkyl halides is 3. The van der Waals surface area contributed by atoms with Gasteiger partial charge in [0.1, 0.15) is 5.69 Å². The normalized spacial score (nSPS) is 12.2. The van der Waals surface area contributed by atoms with E-state index in [9.17, 15) is 13.2 Å². The number of aryl methyl sites for hydroxylation is 2. The van der Waals surface area contributed by atoms with Crippen LogP contribution in [0.25, 0.3) is 22.5 Å². The number of pyridine rings is 1. The summed E-state index contributed by atoms with van der Waals surface area (Å²) in [5, 5.41) is 4.03.